The number of rotatable bonds is 6. The zero-order valence-corrected chi connectivity index (χ0v) is 17.3. The van der Waals surface area contributed by atoms with Crippen molar-refractivity contribution in [3.05, 3.63) is 59.2 Å². The number of aryl methyl sites for hydroxylation is 2. The zero-order valence-electron chi connectivity index (χ0n) is 17.3. The highest BCUT2D eigenvalue weighted by Crippen LogP contribution is 2.20. The minimum atomic E-state index is -0.0614. The summed E-state index contributed by atoms with van der Waals surface area (Å²) in [6.07, 6.45) is 0.970. The molecule has 1 fully saturated rings. The SMILES string of the molecule is CCc1ccc(OCC(=O)N2CCN(C(=O)c3ccc(C)c(OC)c3)CC2)cc1. The minimum absolute atomic E-state index is 0.00851. The van der Waals surface area contributed by atoms with Crippen LogP contribution in [0.5, 0.6) is 11.5 Å². The first-order valence-electron chi connectivity index (χ1n) is 9.95. The summed E-state index contributed by atoms with van der Waals surface area (Å²) in [5, 5.41) is 0. The van der Waals surface area contributed by atoms with Gasteiger partial charge in [0.25, 0.3) is 11.8 Å². The summed E-state index contributed by atoms with van der Waals surface area (Å²) < 4.78 is 10.9. The third kappa shape index (κ3) is 5.08. The summed E-state index contributed by atoms with van der Waals surface area (Å²) in [4.78, 5) is 28.7. The van der Waals surface area contributed by atoms with E-state index < -0.39 is 0 Å². The van der Waals surface area contributed by atoms with Crippen LogP contribution < -0.4 is 9.47 Å². The fourth-order valence-corrected chi connectivity index (χ4v) is 3.35. The highest BCUT2D eigenvalue weighted by molar-refractivity contribution is 5.95. The van der Waals surface area contributed by atoms with Gasteiger partial charge in [-0.25, -0.2) is 0 Å². The standard InChI is InChI=1S/C23H28N2O4/c1-4-18-6-9-20(10-7-18)29-16-22(26)24-11-13-25(14-12-24)23(27)19-8-5-17(2)21(15-19)28-3/h5-10,15H,4,11-14,16H2,1-3H3. The molecule has 0 aliphatic carbocycles. The van der Waals surface area contributed by atoms with Crippen molar-refractivity contribution in [3.8, 4) is 11.5 Å². The van der Waals surface area contributed by atoms with E-state index in [1.807, 2.05) is 43.3 Å². The Kier molecular flexibility index (Phi) is 6.75. The second kappa shape index (κ2) is 9.45. The maximum Gasteiger partial charge on any atom is 0.260 e. The maximum absolute atomic E-state index is 12.8. The number of ether oxygens (including phenoxy) is 2. The lowest BCUT2D eigenvalue weighted by molar-refractivity contribution is -0.134. The summed E-state index contributed by atoms with van der Waals surface area (Å²) in [5.74, 6) is 1.29. The molecule has 6 heteroatoms. The quantitative estimate of drug-likeness (QED) is 0.753. The molecule has 0 saturated carbocycles. The summed E-state index contributed by atoms with van der Waals surface area (Å²) in [6, 6.07) is 13.3. The van der Waals surface area contributed by atoms with Gasteiger partial charge in [0.1, 0.15) is 11.5 Å². The van der Waals surface area contributed by atoms with Crippen molar-refractivity contribution in [1.82, 2.24) is 9.80 Å². The molecule has 6 nitrogen and oxygen atoms in total. The molecule has 0 radical (unpaired) electrons. The number of piperazine rings is 1. The van der Waals surface area contributed by atoms with Crippen molar-refractivity contribution in [3.63, 3.8) is 0 Å². The van der Waals surface area contributed by atoms with Crippen molar-refractivity contribution in [1.29, 1.82) is 0 Å². The topological polar surface area (TPSA) is 59.1 Å². The summed E-state index contributed by atoms with van der Waals surface area (Å²) in [6.45, 7) is 6.07. The van der Waals surface area contributed by atoms with Gasteiger partial charge in [-0.1, -0.05) is 25.1 Å². The Morgan fingerprint density at radius 3 is 2.24 bits per heavy atom. The van der Waals surface area contributed by atoms with Gasteiger partial charge in [0, 0.05) is 31.7 Å². The molecular formula is C23H28N2O4. The molecule has 1 aliphatic heterocycles. The number of benzene rings is 2. The second-order valence-electron chi connectivity index (χ2n) is 7.14. The Balaban J connectivity index is 1.50. The summed E-state index contributed by atoms with van der Waals surface area (Å²) in [5.41, 5.74) is 2.82. The number of hydrogen-bond donors (Lipinski definition) is 0. The lowest BCUT2D eigenvalue weighted by atomic mass is 10.1. The predicted molar refractivity (Wildman–Crippen MR) is 112 cm³/mol. The van der Waals surface area contributed by atoms with Crippen molar-refractivity contribution in [2.24, 2.45) is 0 Å². The third-order valence-electron chi connectivity index (χ3n) is 5.27. The summed E-state index contributed by atoms with van der Waals surface area (Å²) >= 11 is 0. The van der Waals surface area contributed by atoms with Crippen LogP contribution in [0.4, 0.5) is 0 Å². The number of carbonyl (C=O) groups is 2. The largest absolute Gasteiger partial charge is 0.496 e. The third-order valence-corrected chi connectivity index (χ3v) is 5.27. The van der Waals surface area contributed by atoms with E-state index in [9.17, 15) is 9.59 Å². The predicted octanol–water partition coefficient (Wildman–Crippen LogP) is 2.93. The van der Waals surface area contributed by atoms with E-state index in [1.54, 1.807) is 23.0 Å². The fraction of sp³-hybridized carbons (Fsp3) is 0.391. The first kappa shape index (κ1) is 20.7. The highest BCUT2D eigenvalue weighted by Gasteiger charge is 2.25. The Labute approximate surface area is 172 Å². The average Bonchev–Trinajstić information content (AvgIpc) is 2.77. The normalized spacial score (nSPS) is 13.9. The summed E-state index contributed by atoms with van der Waals surface area (Å²) in [7, 11) is 1.60. The Bertz CT molecular complexity index is 856. The minimum Gasteiger partial charge on any atom is -0.496 e. The van der Waals surface area contributed by atoms with Crippen molar-refractivity contribution in [2.45, 2.75) is 20.3 Å². The molecule has 1 heterocycles. The van der Waals surface area contributed by atoms with E-state index in [-0.39, 0.29) is 18.4 Å². The van der Waals surface area contributed by atoms with Crippen LogP contribution in [0.15, 0.2) is 42.5 Å². The fourth-order valence-electron chi connectivity index (χ4n) is 3.35. The molecule has 0 aromatic heterocycles. The number of hydrogen-bond acceptors (Lipinski definition) is 4. The van der Waals surface area contributed by atoms with Gasteiger partial charge < -0.3 is 19.3 Å². The van der Waals surface area contributed by atoms with E-state index in [0.29, 0.717) is 43.2 Å². The Hall–Kier alpha value is -3.02. The number of amides is 2. The molecular weight excluding hydrogens is 368 g/mol. The smallest absolute Gasteiger partial charge is 0.260 e. The molecule has 0 N–H and O–H groups in total. The molecule has 0 spiro atoms. The van der Waals surface area contributed by atoms with Crippen LogP contribution in [-0.4, -0.2) is 61.5 Å². The molecule has 154 valence electrons. The molecule has 29 heavy (non-hydrogen) atoms. The van der Waals surface area contributed by atoms with Gasteiger partial charge in [-0.2, -0.15) is 0 Å². The van der Waals surface area contributed by atoms with Crippen LogP contribution >= 0.6 is 0 Å². The zero-order chi connectivity index (χ0) is 20.8. The molecule has 2 amide bonds. The van der Waals surface area contributed by atoms with E-state index in [0.717, 1.165) is 12.0 Å². The maximum atomic E-state index is 12.8. The van der Waals surface area contributed by atoms with Crippen LogP contribution in [0.3, 0.4) is 0 Å². The van der Waals surface area contributed by atoms with Gasteiger partial charge >= 0.3 is 0 Å². The van der Waals surface area contributed by atoms with E-state index in [2.05, 4.69) is 6.92 Å². The highest BCUT2D eigenvalue weighted by atomic mass is 16.5. The lowest BCUT2D eigenvalue weighted by Gasteiger charge is -2.34. The van der Waals surface area contributed by atoms with Gasteiger partial charge in [-0.15, -0.1) is 0 Å². The van der Waals surface area contributed by atoms with Crippen LogP contribution in [0, 0.1) is 6.92 Å². The first-order chi connectivity index (χ1) is 14.0. The number of nitrogens with zero attached hydrogens (tertiary/aromatic N) is 2. The molecule has 2 aromatic rings. The molecule has 0 unspecified atom stereocenters. The second-order valence-corrected chi connectivity index (χ2v) is 7.14. The van der Waals surface area contributed by atoms with E-state index in [4.69, 9.17) is 9.47 Å². The van der Waals surface area contributed by atoms with Crippen LogP contribution in [0.1, 0.15) is 28.4 Å². The van der Waals surface area contributed by atoms with E-state index in [1.165, 1.54) is 5.56 Å². The monoisotopic (exact) mass is 396 g/mol. The molecule has 3 rings (SSSR count). The number of methoxy groups -OCH3 is 1. The van der Waals surface area contributed by atoms with Gasteiger partial charge in [-0.05, 0) is 48.7 Å². The van der Waals surface area contributed by atoms with Crippen LogP contribution in [-0.2, 0) is 11.2 Å². The Morgan fingerprint density at radius 2 is 1.62 bits per heavy atom. The average molecular weight is 396 g/mol. The van der Waals surface area contributed by atoms with Crippen molar-refractivity contribution >= 4 is 11.8 Å². The van der Waals surface area contributed by atoms with Crippen LogP contribution in [0.2, 0.25) is 0 Å². The molecule has 0 atom stereocenters. The van der Waals surface area contributed by atoms with E-state index >= 15 is 0 Å². The lowest BCUT2D eigenvalue weighted by Crippen LogP contribution is -2.51. The number of carbonyl (C=O) groups excluding carboxylic acids is 2. The molecule has 2 aromatic carbocycles. The first-order valence-corrected chi connectivity index (χ1v) is 9.95. The Morgan fingerprint density at radius 1 is 0.966 bits per heavy atom. The van der Waals surface area contributed by atoms with Gasteiger partial charge in [-0.3, -0.25) is 9.59 Å². The van der Waals surface area contributed by atoms with Gasteiger partial charge in [0.2, 0.25) is 0 Å². The van der Waals surface area contributed by atoms with Crippen LogP contribution in [0.25, 0.3) is 0 Å². The molecule has 1 aliphatic rings. The van der Waals surface area contributed by atoms with Crippen molar-refractivity contribution in [2.75, 3.05) is 39.9 Å². The van der Waals surface area contributed by atoms with Gasteiger partial charge in [0.05, 0.1) is 7.11 Å². The molecule has 1 saturated heterocycles. The molecule has 0 bridgehead atoms. The van der Waals surface area contributed by atoms with Crippen molar-refractivity contribution < 1.29 is 19.1 Å². The van der Waals surface area contributed by atoms with Gasteiger partial charge in [0.15, 0.2) is 6.61 Å².